The minimum absolute atomic E-state index is 0.131. The summed E-state index contributed by atoms with van der Waals surface area (Å²) in [5.41, 5.74) is 0.478. The van der Waals surface area contributed by atoms with Crippen LogP contribution in [0, 0.1) is 0 Å². The zero-order valence-corrected chi connectivity index (χ0v) is 18.6. The first-order valence-electron chi connectivity index (χ1n) is 9.61. The SMILES string of the molecule is CC1(C)SC(=S)N(CCN2CCCCC2)C(=O)C1NC(=O)c1ccc(Cl)cc1. The molecule has 0 aliphatic carbocycles. The number of thioether (sulfide) groups is 1. The average Bonchev–Trinajstić information content (AvgIpc) is 2.65. The Kier molecular flexibility index (Phi) is 7.02. The lowest BCUT2D eigenvalue weighted by molar-refractivity contribution is -0.130. The van der Waals surface area contributed by atoms with Crippen LogP contribution in [0.3, 0.4) is 0 Å². The monoisotopic (exact) mass is 439 g/mol. The maximum atomic E-state index is 13.2. The Morgan fingerprint density at radius 3 is 2.50 bits per heavy atom. The minimum Gasteiger partial charge on any atom is -0.339 e. The van der Waals surface area contributed by atoms with E-state index in [-0.39, 0.29) is 11.8 Å². The normalized spacial score (nSPS) is 23.0. The highest BCUT2D eigenvalue weighted by molar-refractivity contribution is 8.24. The standard InChI is InChI=1S/C20H26ClN3O2S2/c1-20(2)16(22-17(25)14-6-8-15(21)9-7-14)18(26)24(19(27)28-20)13-12-23-10-4-3-5-11-23/h6-9,16H,3-5,10-13H2,1-2H3,(H,22,25). The minimum atomic E-state index is -0.645. The number of thiocarbonyl (C=S) groups is 1. The van der Waals surface area contributed by atoms with Gasteiger partial charge in [0, 0.05) is 28.4 Å². The first-order valence-corrected chi connectivity index (χ1v) is 11.2. The number of carbonyl (C=O) groups is 2. The van der Waals surface area contributed by atoms with Crippen LogP contribution in [0.15, 0.2) is 24.3 Å². The van der Waals surface area contributed by atoms with E-state index in [4.69, 9.17) is 23.8 Å². The van der Waals surface area contributed by atoms with Gasteiger partial charge >= 0.3 is 0 Å². The Morgan fingerprint density at radius 2 is 1.86 bits per heavy atom. The van der Waals surface area contributed by atoms with E-state index in [1.54, 1.807) is 29.2 Å². The second kappa shape index (κ2) is 9.11. The summed E-state index contributed by atoms with van der Waals surface area (Å²) in [6.45, 7) is 7.40. The largest absolute Gasteiger partial charge is 0.339 e. The molecule has 2 saturated heterocycles. The maximum Gasteiger partial charge on any atom is 0.252 e. The smallest absolute Gasteiger partial charge is 0.252 e. The summed E-state index contributed by atoms with van der Waals surface area (Å²) in [6, 6.07) is 6.00. The van der Waals surface area contributed by atoms with E-state index in [9.17, 15) is 9.59 Å². The van der Waals surface area contributed by atoms with Crippen LogP contribution in [0.4, 0.5) is 0 Å². The predicted molar refractivity (Wildman–Crippen MR) is 119 cm³/mol. The van der Waals surface area contributed by atoms with Gasteiger partial charge in [0.15, 0.2) is 0 Å². The number of piperidine rings is 1. The van der Waals surface area contributed by atoms with E-state index in [0.29, 0.717) is 21.5 Å². The first kappa shape index (κ1) is 21.6. The van der Waals surface area contributed by atoms with Gasteiger partial charge in [-0.3, -0.25) is 14.5 Å². The summed E-state index contributed by atoms with van der Waals surface area (Å²) < 4.78 is 0.0710. The van der Waals surface area contributed by atoms with Gasteiger partial charge in [0.2, 0.25) is 0 Å². The fourth-order valence-corrected chi connectivity index (χ4v) is 5.53. The third-order valence-electron chi connectivity index (χ3n) is 5.25. The van der Waals surface area contributed by atoms with E-state index < -0.39 is 10.8 Å². The molecule has 152 valence electrons. The number of halogens is 1. The molecule has 0 bridgehead atoms. The molecule has 2 heterocycles. The number of nitrogens with one attached hydrogen (secondary N) is 1. The number of nitrogens with zero attached hydrogens (tertiary/aromatic N) is 2. The van der Waals surface area contributed by atoms with Crippen molar-refractivity contribution in [3.05, 3.63) is 34.9 Å². The van der Waals surface area contributed by atoms with Gasteiger partial charge in [-0.15, -0.1) is 0 Å². The molecule has 1 N–H and O–H groups in total. The van der Waals surface area contributed by atoms with Crippen LogP contribution in [0.5, 0.6) is 0 Å². The molecule has 28 heavy (non-hydrogen) atoms. The van der Waals surface area contributed by atoms with Crippen LogP contribution in [0.2, 0.25) is 5.02 Å². The molecule has 0 saturated carbocycles. The third kappa shape index (κ3) is 5.06. The Bertz CT molecular complexity index is 748. The van der Waals surface area contributed by atoms with E-state index in [1.165, 1.54) is 31.0 Å². The Labute approximate surface area is 181 Å². The second-order valence-corrected chi connectivity index (χ2v) is 10.5. The van der Waals surface area contributed by atoms with Crippen molar-refractivity contribution in [1.29, 1.82) is 0 Å². The van der Waals surface area contributed by atoms with Crippen molar-refractivity contribution in [3.8, 4) is 0 Å². The molecule has 2 amide bonds. The number of rotatable bonds is 5. The zero-order valence-electron chi connectivity index (χ0n) is 16.2. The van der Waals surface area contributed by atoms with Crippen molar-refractivity contribution in [3.63, 3.8) is 0 Å². The number of hydrogen-bond acceptors (Lipinski definition) is 5. The molecule has 0 spiro atoms. The van der Waals surface area contributed by atoms with Crippen molar-refractivity contribution in [2.45, 2.75) is 43.9 Å². The molecule has 1 atom stereocenters. The van der Waals surface area contributed by atoms with Crippen LogP contribution in [-0.4, -0.2) is 62.9 Å². The van der Waals surface area contributed by atoms with Crippen molar-refractivity contribution in [1.82, 2.24) is 15.1 Å². The fraction of sp³-hybridized carbons (Fsp3) is 0.550. The second-order valence-electron chi connectivity index (χ2n) is 7.78. The van der Waals surface area contributed by atoms with Gasteiger partial charge < -0.3 is 10.2 Å². The fourth-order valence-electron chi connectivity index (χ4n) is 3.56. The summed E-state index contributed by atoms with van der Waals surface area (Å²) in [4.78, 5) is 29.9. The van der Waals surface area contributed by atoms with Crippen molar-refractivity contribution in [2.24, 2.45) is 0 Å². The number of benzene rings is 1. The molecule has 1 unspecified atom stereocenters. The lowest BCUT2D eigenvalue weighted by Crippen LogP contribution is -2.63. The first-order chi connectivity index (χ1) is 13.3. The Morgan fingerprint density at radius 1 is 1.21 bits per heavy atom. The Balaban J connectivity index is 1.69. The van der Waals surface area contributed by atoms with Crippen LogP contribution < -0.4 is 5.32 Å². The molecule has 5 nitrogen and oxygen atoms in total. The lowest BCUT2D eigenvalue weighted by Gasteiger charge is -2.43. The molecule has 8 heteroatoms. The number of carbonyl (C=O) groups excluding carboxylic acids is 2. The summed E-state index contributed by atoms with van der Waals surface area (Å²) in [7, 11) is 0. The van der Waals surface area contributed by atoms with Gasteiger partial charge in [0.1, 0.15) is 10.4 Å². The molecule has 0 radical (unpaired) electrons. The van der Waals surface area contributed by atoms with Crippen LogP contribution in [0.1, 0.15) is 43.5 Å². The molecule has 0 aromatic heterocycles. The van der Waals surface area contributed by atoms with Crippen molar-refractivity contribution < 1.29 is 9.59 Å². The molecule has 2 aliphatic rings. The topological polar surface area (TPSA) is 52.6 Å². The van der Waals surface area contributed by atoms with Crippen molar-refractivity contribution >= 4 is 51.7 Å². The molecular formula is C20H26ClN3O2S2. The maximum absolute atomic E-state index is 13.2. The molecule has 1 aromatic carbocycles. The van der Waals surface area contributed by atoms with Gasteiger partial charge in [-0.25, -0.2) is 0 Å². The number of hydrogen-bond donors (Lipinski definition) is 1. The summed E-state index contributed by atoms with van der Waals surface area (Å²) >= 11 is 12.9. The van der Waals surface area contributed by atoms with Gasteiger partial charge in [-0.05, 0) is 64.0 Å². The van der Waals surface area contributed by atoms with Gasteiger partial charge in [-0.2, -0.15) is 0 Å². The molecule has 2 aliphatic heterocycles. The summed E-state index contributed by atoms with van der Waals surface area (Å²) in [6.07, 6.45) is 3.69. The molecular weight excluding hydrogens is 414 g/mol. The third-order valence-corrected chi connectivity index (χ3v) is 7.13. The van der Waals surface area contributed by atoms with E-state index in [1.807, 2.05) is 13.8 Å². The predicted octanol–water partition coefficient (Wildman–Crippen LogP) is 3.56. The highest BCUT2D eigenvalue weighted by Crippen LogP contribution is 2.36. The number of likely N-dealkylation sites (tertiary alicyclic amines) is 1. The van der Waals surface area contributed by atoms with E-state index in [0.717, 1.165) is 19.6 Å². The quantitative estimate of drug-likeness (QED) is 0.711. The van der Waals surface area contributed by atoms with Gasteiger partial charge in [0.05, 0.1) is 0 Å². The van der Waals surface area contributed by atoms with Crippen LogP contribution in [-0.2, 0) is 4.79 Å². The highest BCUT2D eigenvalue weighted by Gasteiger charge is 2.46. The highest BCUT2D eigenvalue weighted by atomic mass is 35.5. The molecule has 1 aromatic rings. The van der Waals surface area contributed by atoms with Crippen LogP contribution >= 0.6 is 35.6 Å². The van der Waals surface area contributed by atoms with Crippen molar-refractivity contribution in [2.75, 3.05) is 26.2 Å². The molecule has 3 rings (SSSR count). The zero-order chi connectivity index (χ0) is 20.3. The number of amides is 2. The van der Waals surface area contributed by atoms with Gasteiger partial charge in [0.25, 0.3) is 11.8 Å². The van der Waals surface area contributed by atoms with Gasteiger partial charge in [-0.1, -0.05) is 42.0 Å². The summed E-state index contributed by atoms with van der Waals surface area (Å²) in [5.74, 6) is -0.416. The van der Waals surface area contributed by atoms with E-state index in [2.05, 4.69) is 10.2 Å². The summed E-state index contributed by atoms with van der Waals surface area (Å²) in [5, 5.41) is 3.48. The molecule has 2 fully saturated rings. The Hall–Kier alpha value is -1.15. The lowest BCUT2D eigenvalue weighted by atomic mass is 10.0. The van der Waals surface area contributed by atoms with E-state index >= 15 is 0 Å². The average molecular weight is 440 g/mol. The van der Waals surface area contributed by atoms with Crippen LogP contribution in [0.25, 0.3) is 0 Å².